The molecule has 0 aliphatic carbocycles. The molecule has 0 amide bonds. The highest BCUT2D eigenvalue weighted by Crippen LogP contribution is 1.54. The van der Waals surface area contributed by atoms with E-state index in [0.29, 0.717) is 6.47 Å². The lowest BCUT2D eigenvalue weighted by atomic mass is 10.9. The van der Waals surface area contributed by atoms with E-state index in [0.717, 1.165) is 0 Å². The third-order valence-electron chi connectivity index (χ3n) is 0.186. The van der Waals surface area contributed by atoms with Crippen molar-refractivity contribution < 1.29 is 9.53 Å². The van der Waals surface area contributed by atoms with E-state index >= 15 is 0 Å². The van der Waals surface area contributed by atoms with Crippen molar-refractivity contribution >= 4 is 6.47 Å². The molecule has 5 heavy (non-hydrogen) atoms. The maximum atomic E-state index is 9.14. The molecule has 0 saturated carbocycles. The minimum atomic E-state index is 0.226. The summed E-state index contributed by atoms with van der Waals surface area (Å²) in [5.74, 6) is 0. The Labute approximate surface area is 30.7 Å². The molecule has 0 atom stereocenters. The number of hydrogen-bond acceptors (Lipinski definition) is 2. The van der Waals surface area contributed by atoms with Gasteiger partial charge in [-0.05, 0) is 6.92 Å². The van der Waals surface area contributed by atoms with Gasteiger partial charge in [-0.25, -0.2) is 0 Å². The number of carbonyl (C=O) groups excluding carboxylic acids is 1. The zero-order valence-corrected chi connectivity index (χ0v) is 2.81. The van der Waals surface area contributed by atoms with Crippen molar-refractivity contribution in [1.29, 1.82) is 0 Å². The zero-order chi connectivity index (χ0) is 4.12. The molecular weight excluding hydrogens is 68.0 g/mol. The summed E-state index contributed by atoms with van der Waals surface area (Å²) < 4.78 is 4.04. The Balaban J connectivity index is 2.40. The zero-order valence-electron chi connectivity index (χ0n) is 2.81. The molecule has 2 nitrogen and oxygen atoms in total. The molecular formula is C3H5O2. The smallest absolute Gasteiger partial charge is 0.293 e. The van der Waals surface area contributed by atoms with Crippen LogP contribution in [0.25, 0.3) is 0 Å². The Kier molecular flexibility index (Phi) is 3.10. The molecule has 0 aliphatic heterocycles. The van der Waals surface area contributed by atoms with Crippen LogP contribution >= 0.6 is 0 Å². The van der Waals surface area contributed by atoms with Crippen LogP contribution in [0.15, 0.2) is 0 Å². The van der Waals surface area contributed by atoms with Gasteiger partial charge in [0.2, 0.25) is 0 Å². The first-order valence-corrected chi connectivity index (χ1v) is 1.26. The van der Waals surface area contributed by atoms with E-state index in [-0.39, 0.29) is 6.61 Å². The lowest BCUT2D eigenvalue weighted by molar-refractivity contribution is -0.127. The minimum Gasteiger partial charge on any atom is -0.468 e. The molecule has 0 rings (SSSR count). The van der Waals surface area contributed by atoms with Crippen LogP contribution in [-0.2, 0) is 9.53 Å². The number of ether oxygens (including phenoxy) is 1. The molecule has 0 saturated heterocycles. The molecule has 0 aliphatic rings. The molecule has 0 aromatic carbocycles. The van der Waals surface area contributed by atoms with E-state index in [1.165, 1.54) is 0 Å². The van der Waals surface area contributed by atoms with Gasteiger partial charge in [0.15, 0.2) is 0 Å². The molecule has 0 bridgehead atoms. The van der Waals surface area contributed by atoms with Crippen LogP contribution in [0.4, 0.5) is 0 Å². The second kappa shape index (κ2) is 3.47. The van der Waals surface area contributed by atoms with Crippen LogP contribution < -0.4 is 0 Å². The Morgan fingerprint density at radius 2 is 2.60 bits per heavy atom. The van der Waals surface area contributed by atoms with Gasteiger partial charge < -0.3 is 4.74 Å². The molecule has 1 radical (unpaired) electrons. The fourth-order valence-corrected chi connectivity index (χ4v) is 0.0481. The average molecular weight is 73.1 g/mol. The van der Waals surface area contributed by atoms with Crippen molar-refractivity contribution in [2.24, 2.45) is 0 Å². The van der Waals surface area contributed by atoms with E-state index in [1.54, 1.807) is 0 Å². The van der Waals surface area contributed by atoms with Crippen molar-refractivity contribution in [3.8, 4) is 0 Å². The van der Waals surface area contributed by atoms with Crippen molar-refractivity contribution in [2.75, 3.05) is 6.61 Å². The SMILES string of the molecule is [CH2]COC=O. The van der Waals surface area contributed by atoms with Gasteiger partial charge in [-0.15, -0.1) is 0 Å². The first-order chi connectivity index (χ1) is 2.41. The molecule has 2 heteroatoms. The Bertz CT molecular complexity index is 26.1. The van der Waals surface area contributed by atoms with Gasteiger partial charge in [0.05, 0.1) is 6.61 Å². The molecule has 0 N–H and O–H groups in total. The summed E-state index contributed by atoms with van der Waals surface area (Å²) >= 11 is 0. The summed E-state index contributed by atoms with van der Waals surface area (Å²) in [6.45, 7) is 3.82. The maximum absolute atomic E-state index is 9.14. The number of carbonyl (C=O) groups is 1. The van der Waals surface area contributed by atoms with Gasteiger partial charge >= 0.3 is 0 Å². The molecule has 0 unspecified atom stereocenters. The van der Waals surface area contributed by atoms with E-state index in [9.17, 15) is 0 Å². The topological polar surface area (TPSA) is 26.3 Å². The average Bonchev–Trinajstić information content (AvgIpc) is 1.41. The monoisotopic (exact) mass is 73.0 g/mol. The first-order valence-electron chi connectivity index (χ1n) is 1.26. The lowest BCUT2D eigenvalue weighted by Crippen LogP contribution is -1.81. The van der Waals surface area contributed by atoms with Crippen LogP contribution in [0.3, 0.4) is 0 Å². The normalized spacial score (nSPS) is 6.60. The minimum absolute atomic E-state index is 0.226. The summed E-state index contributed by atoms with van der Waals surface area (Å²) in [6, 6.07) is 0. The molecule has 0 fully saturated rings. The largest absolute Gasteiger partial charge is 0.468 e. The summed E-state index contributed by atoms with van der Waals surface area (Å²) in [5, 5.41) is 0. The summed E-state index contributed by atoms with van der Waals surface area (Å²) in [6.07, 6.45) is 0. The van der Waals surface area contributed by atoms with Gasteiger partial charge in [0.25, 0.3) is 6.47 Å². The van der Waals surface area contributed by atoms with Gasteiger partial charge in [0, 0.05) is 0 Å². The van der Waals surface area contributed by atoms with Crippen LogP contribution in [-0.4, -0.2) is 13.1 Å². The van der Waals surface area contributed by atoms with E-state index in [4.69, 9.17) is 4.79 Å². The standard InChI is InChI=1S/C3H5O2/c1-2-5-3-4/h3H,1-2H2. The fraction of sp³-hybridized carbons (Fsp3) is 0.333. The molecule has 29 valence electrons. The van der Waals surface area contributed by atoms with Crippen LogP contribution in [0, 0.1) is 6.92 Å². The first kappa shape index (κ1) is 4.47. The Hall–Kier alpha value is -0.530. The predicted octanol–water partition coefficient (Wildman–Crippen LogP) is -0.00651. The van der Waals surface area contributed by atoms with Crippen LogP contribution in [0.2, 0.25) is 0 Å². The lowest BCUT2D eigenvalue weighted by Gasteiger charge is -1.79. The molecule has 0 heterocycles. The van der Waals surface area contributed by atoms with Crippen LogP contribution in [0.1, 0.15) is 0 Å². The summed E-state index contributed by atoms with van der Waals surface area (Å²) in [5.41, 5.74) is 0. The van der Waals surface area contributed by atoms with Gasteiger partial charge in [-0.1, -0.05) is 0 Å². The highest BCUT2D eigenvalue weighted by molar-refractivity contribution is 5.36. The molecule has 0 aromatic heterocycles. The summed E-state index contributed by atoms with van der Waals surface area (Å²) in [4.78, 5) is 9.14. The number of hydrogen-bond donors (Lipinski definition) is 0. The second-order valence-electron chi connectivity index (χ2n) is 0.467. The summed E-state index contributed by atoms with van der Waals surface area (Å²) in [7, 11) is 0. The van der Waals surface area contributed by atoms with E-state index in [1.807, 2.05) is 0 Å². The third kappa shape index (κ3) is 3.47. The van der Waals surface area contributed by atoms with Gasteiger partial charge in [-0.3, -0.25) is 4.79 Å². The van der Waals surface area contributed by atoms with Crippen LogP contribution in [0.5, 0.6) is 0 Å². The third-order valence-corrected chi connectivity index (χ3v) is 0.186. The maximum Gasteiger partial charge on any atom is 0.293 e. The van der Waals surface area contributed by atoms with Crippen molar-refractivity contribution in [3.05, 3.63) is 6.92 Å². The fourth-order valence-electron chi connectivity index (χ4n) is 0.0481. The van der Waals surface area contributed by atoms with Crippen molar-refractivity contribution in [3.63, 3.8) is 0 Å². The highest BCUT2D eigenvalue weighted by atomic mass is 16.5. The van der Waals surface area contributed by atoms with E-state index in [2.05, 4.69) is 11.7 Å². The Morgan fingerprint density at radius 3 is 2.60 bits per heavy atom. The van der Waals surface area contributed by atoms with Gasteiger partial charge in [0.1, 0.15) is 0 Å². The van der Waals surface area contributed by atoms with E-state index < -0.39 is 0 Å². The number of rotatable bonds is 2. The predicted molar refractivity (Wildman–Crippen MR) is 17.4 cm³/mol. The van der Waals surface area contributed by atoms with Crippen molar-refractivity contribution in [1.82, 2.24) is 0 Å². The highest BCUT2D eigenvalue weighted by Gasteiger charge is 1.61. The van der Waals surface area contributed by atoms with Gasteiger partial charge in [-0.2, -0.15) is 0 Å². The molecule has 0 aromatic rings. The Morgan fingerprint density at radius 1 is 2.00 bits per heavy atom. The van der Waals surface area contributed by atoms with Crippen molar-refractivity contribution in [2.45, 2.75) is 0 Å². The molecule has 0 spiro atoms. The second-order valence-corrected chi connectivity index (χ2v) is 0.467. The quantitative estimate of drug-likeness (QED) is 0.430.